The van der Waals surface area contributed by atoms with E-state index in [-0.39, 0.29) is 12.4 Å². The Labute approximate surface area is 191 Å². The number of carbonyl (C=O) groups excluding carboxylic acids is 1. The highest BCUT2D eigenvalue weighted by Gasteiger charge is 2.37. The van der Waals surface area contributed by atoms with Gasteiger partial charge in [-0.2, -0.15) is 10.4 Å². The lowest BCUT2D eigenvalue weighted by Gasteiger charge is -2.28. The Balaban J connectivity index is 1.98. The number of benzene rings is 2. The topological polar surface area (TPSA) is 79.9 Å². The van der Waals surface area contributed by atoms with Crippen LogP contribution in [0.15, 0.2) is 83.3 Å². The summed E-state index contributed by atoms with van der Waals surface area (Å²) in [6.45, 7) is 5.54. The zero-order chi connectivity index (χ0) is 23.5. The van der Waals surface area contributed by atoms with E-state index in [9.17, 15) is 14.4 Å². The number of carbonyl (C=O) groups is 1. The molecule has 0 bridgehead atoms. The Kier molecular flexibility index (Phi) is 6.09. The Morgan fingerprint density at radius 1 is 1.15 bits per heavy atom. The van der Waals surface area contributed by atoms with Crippen LogP contribution in [-0.4, -0.2) is 22.4 Å². The van der Waals surface area contributed by atoms with Crippen LogP contribution < -0.4 is 5.32 Å². The fraction of sp³-hybridized carbons (Fsp3) is 0.192. The highest BCUT2D eigenvalue weighted by Crippen LogP contribution is 2.42. The van der Waals surface area contributed by atoms with Crippen LogP contribution in [0.2, 0.25) is 0 Å². The van der Waals surface area contributed by atoms with Gasteiger partial charge in [-0.1, -0.05) is 18.2 Å². The van der Waals surface area contributed by atoms with E-state index in [0.717, 1.165) is 5.69 Å². The summed E-state index contributed by atoms with van der Waals surface area (Å²) >= 11 is 0. The van der Waals surface area contributed by atoms with E-state index in [1.165, 1.54) is 12.1 Å². The number of hydrogen-bond acceptors (Lipinski definition) is 5. The lowest BCUT2D eigenvalue weighted by atomic mass is 9.80. The number of rotatable bonds is 5. The van der Waals surface area contributed by atoms with Gasteiger partial charge >= 0.3 is 5.97 Å². The monoisotopic (exact) mass is 442 g/mol. The van der Waals surface area contributed by atoms with E-state index in [1.807, 2.05) is 36.5 Å². The Morgan fingerprint density at radius 3 is 2.48 bits per heavy atom. The number of halogens is 1. The van der Waals surface area contributed by atoms with Crippen LogP contribution in [0, 0.1) is 17.1 Å². The van der Waals surface area contributed by atoms with Crippen LogP contribution in [0.5, 0.6) is 0 Å². The number of dihydropyridines is 1. The van der Waals surface area contributed by atoms with Gasteiger partial charge in [0.1, 0.15) is 5.82 Å². The average Bonchev–Trinajstić information content (AvgIpc) is 3.25. The lowest BCUT2D eigenvalue weighted by Crippen LogP contribution is -2.28. The first-order valence-electron chi connectivity index (χ1n) is 10.6. The van der Waals surface area contributed by atoms with Gasteiger partial charge in [0.05, 0.1) is 41.1 Å². The van der Waals surface area contributed by atoms with Gasteiger partial charge in [-0.25, -0.2) is 13.9 Å². The van der Waals surface area contributed by atoms with Crippen LogP contribution in [-0.2, 0) is 9.53 Å². The van der Waals surface area contributed by atoms with E-state index in [1.54, 1.807) is 37.6 Å². The third kappa shape index (κ3) is 4.15. The second kappa shape index (κ2) is 9.13. The van der Waals surface area contributed by atoms with Crippen LogP contribution in [0.25, 0.3) is 16.9 Å². The first-order chi connectivity index (χ1) is 15.9. The Hall–Kier alpha value is -4.18. The summed E-state index contributed by atoms with van der Waals surface area (Å²) in [5, 5.41) is 17.9. The fourth-order valence-corrected chi connectivity index (χ4v) is 4.08. The van der Waals surface area contributed by atoms with Crippen molar-refractivity contribution < 1.29 is 13.9 Å². The van der Waals surface area contributed by atoms with Crippen LogP contribution in [0.4, 0.5) is 4.39 Å². The van der Waals surface area contributed by atoms with Gasteiger partial charge < -0.3 is 10.1 Å². The molecule has 1 N–H and O–H groups in total. The average molecular weight is 442 g/mol. The maximum absolute atomic E-state index is 13.6. The van der Waals surface area contributed by atoms with E-state index in [2.05, 4.69) is 11.4 Å². The van der Waals surface area contributed by atoms with Gasteiger partial charge in [-0.15, -0.1) is 0 Å². The largest absolute Gasteiger partial charge is 0.463 e. The zero-order valence-corrected chi connectivity index (χ0v) is 18.6. The van der Waals surface area contributed by atoms with Crippen molar-refractivity contribution in [2.45, 2.75) is 26.7 Å². The van der Waals surface area contributed by atoms with E-state index >= 15 is 0 Å². The molecule has 0 saturated heterocycles. The molecule has 33 heavy (non-hydrogen) atoms. The Bertz CT molecular complexity index is 1300. The number of para-hydroxylation sites is 1. The highest BCUT2D eigenvalue weighted by atomic mass is 19.1. The maximum atomic E-state index is 13.6. The molecule has 0 aliphatic carbocycles. The van der Waals surface area contributed by atoms with Gasteiger partial charge in [0.25, 0.3) is 0 Å². The van der Waals surface area contributed by atoms with E-state index in [0.29, 0.717) is 39.4 Å². The number of ether oxygens (including phenoxy) is 1. The number of aromatic nitrogens is 2. The van der Waals surface area contributed by atoms with Gasteiger partial charge in [-0.3, -0.25) is 0 Å². The first-order valence-corrected chi connectivity index (χ1v) is 10.6. The zero-order valence-electron chi connectivity index (χ0n) is 18.6. The normalized spacial score (nSPS) is 15.8. The van der Waals surface area contributed by atoms with Crippen molar-refractivity contribution in [3.05, 3.63) is 94.7 Å². The smallest absolute Gasteiger partial charge is 0.336 e. The molecule has 6 nitrogen and oxygen atoms in total. The van der Waals surface area contributed by atoms with Crippen LogP contribution in [0.1, 0.15) is 32.3 Å². The molecule has 0 fully saturated rings. The van der Waals surface area contributed by atoms with Gasteiger partial charge in [0.2, 0.25) is 0 Å². The van der Waals surface area contributed by atoms with Crippen molar-refractivity contribution in [1.29, 1.82) is 5.26 Å². The molecule has 2 aromatic carbocycles. The molecule has 1 aromatic heterocycles. The van der Waals surface area contributed by atoms with Crippen LogP contribution >= 0.6 is 0 Å². The number of nitrogens with zero attached hydrogens (tertiary/aromatic N) is 3. The molecule has 3 aromatic rings. The quantitative estimate of drug-likeness (QED) is 0.563. The molecule has 2 heterocycles. The van der Waals surface area contributed by atoms with Crippen molar-refractivity contribution in [1.82, 2.24) is 15.1 Å². The summed E-state index contributed by atoms with van der Waals surface area (Å²) in [5.41, 5.74) is 4.74. The van der Waals surface area contributed by atoms with Crippen molar-refractivity contribution in [2.75, 3.05) is 6.61 Å². The molecule has 0 spiro atoms. The number of nitriles is 1. The molecule has 4 rings (SSSR count). The van der Waals surface area contributed by atoms with Crippen molar-refractivity contribution in [2.24, 2.45) is 0 Å². The molecule has 7 heteroatoms. The summed E-state index contributed by atoms with van der Waals surface area (Å²) in [7, 11) is 0. The summed E-state index contributed by atoms with van der Waals surface area (Å²) in [4.78, 5) is 13.0. The van der Waals surface area contributed by atoms with E-state index in [4.69, 9.17) is 9.84 Å². The third-order valence-corrected chi connectivity index (χ3v) is 5.57. The van der Waals surface area contributed by atoms with Gasteiger partial charge in [-0.05, 0) is 57.2 Å². The van der Waals surface area contributed by atoms with Crippen molar-refractivity contribution >= 4 is 5.97 Å². The summed E-state index contributed by atoms with van der Waals surface area (Å²) < 4.78 is 20.7. The molecule has 0 amide bonds. The van der Waals surface area contributed by atoms with Gasteiger partial charge in [0, 0.05) is 28.7 Å². The maximum Gasteiger partial charge on any atom is 0.336 e. The molecular weight excluding hydrogens is 419 g/mol. The minimum Gasteiger partial charge on any atom is -0.463 e. The van der Waals surface area contributed by atoms with E-state index < -0.39 is 11.9 Å². The van der Waals surface area contributed by atoms with Crippen LogP contribution in [0.3, 0.4) is 0 Å². The predicted octanol–water partition coefficient (Wildman–Crippen LogP) is 5.00. The SMILES string of the molecule is CCOC(=O)C1=C(C)NC(C)=C(C#N)[C@H]1c1cn(-c2ccccc2)nc1-c1ccc(F)cc1. The second-order valence-electron chi connectivity index (χ2n) is 7.69. The molecule has 0 unspecified atom stereocenters. The lowest BCUT2D eigenvalue weighted by molar-refractivity contribution is -0.138. The summed E-state index contributed by atoms with van der Waals surface area (Å²) in [5.74, 6) is -1.54. The molecule has 1 aliphatic rings. The molecule has 0 radical (unpaired) electrons. The number of hydrogen-bond donors (Lipinski definition) is 1. The molecule has 166 valence electrons. The van der Waals surface area contributed by atoms with Crippen molar-refractivity contribution in [3.8, 4) is 23.0 Å². The molecule has 0 saturated carbocycles. The second-order valence-corrected chi connectivity index (χ2v) is 7.69. The molecule has 1 atom stereocenters. The predicted molar refractivity (Wildman–Crippen MR) is 122 cm³/mol. The number of nitrogens with one attached hydrogen (secondary N) is 1. The summed E-state index contributed by atoms with van der Waals surface area (Å²) in [6.07, 6.45) is 1.82. The highest BCUT2D eigenvalue weighted by molar-refractivity contribution is 5.93. The first kappa shape index (κ1) is 22.0. The Morgan fingerprint density at radius 2 is 1.85 bits per heavy atom. The standard InChI is InChI=1S/C26H23FN4O2/c1-4-33-26(32)23-17(3)29-16(2)21(14-28)24(23)22-15-31(20-8-6-5-7-9-20)30-25(22)18-10-12-19(27)13-11-18/h5-13,15,24,29H,4H2,1-3H3/t24-/m0/s1. The fourth-order valence-electron chi connectivity index (χ4n) is 4.08. The third-order valence-electron chi connectivity index (χ3n) is 5.57. The number of allylic oxidation sites excluding steroid dienone is 3. The molecular formula is C26H23FN4O2. The van der Waals surface area contributed by atoms with Gasteiger partial charge in [0.15, 0.2) is 0 Å². The number of esters is 1. The minimum atomic E-state index is -0.687. The molecule has 1 aliphatic heterocycles. The van der Waals surface area contributed by atoms with Crippen molar-refractivity contribution in [3.63, 3.8) is 0 Å². The summed E-state index contributed by atoms with van der Waals surface area (Å²) in [6, 6.07) is 17.8. The minimum absolute atomic E-state index is 0.209.